The van der Waals surface area contributed by atoms with E-state index in [1.54, 1.807) is 30.7 Å². The van der Waals surface area contributed by atoms with Gasteiger partial charge in [-0.2, -0.15) is 0 Å². The molecule has 1 aliphatic rings. The van der Waals surface area contributed by atoms with Gasteiger partial charge in [0, 0.05) is 82.1 Å². The van der Waals surface area contributed by atoms with Crippen LogP contribution in [0.4, 0.5) is 0 Å². The standard InChI is InChI=1S/C28H34N6O9S.2C11H8N.Ir/c1-19-7-10-29-21(16-19)22-17-20(8-11-30-22)27(38)33-23(18-44(40,41)42)28(39)32-9-3-2-4-24(35)31-12-14-43-15-13-34-25(36)5-6-26(34)37;2*1-2-6-10(7-3-1)11-8-4-5-9-12-11;/h5-8,10-11,16-17,23H,2-4,9,12-15,18H2,1H3,(H,31,35)(H,32,39)(H,33,38)(H,40,41,42);2*1-6,8-9H;/q;2*-1;/p-1. The molecule has 5 heterocycles. The topological polar surface area (TPSA) is 243 Å². The van der Waals surface area contributed by atoms with E-state index in [4.69, 9.17) is 4.74 Å². The zero-order valence-electron chi connectivity index (χ0n) is 37.4. The summed E-state index contributed by atoms with van der Waals surface area (Å²) >= 11 is 0. The van der Waals surface area contributed by atoms with E-state index in [9.17, 15) is 36.9 Å². The van der Waals surface area contributed by atoms with Gasteiger partial charge in [0.2, 0.25) is 11.8 Å². The molecule has 0 saturated carbocycles. The third-order valence-corrected chi connectivity index (χ3v) is 10.3. The number of imide groups is 1. The Balaban J connectivity index is 0.000000331. The van der Waals surface area contributed by atoms with Crippen molar-refractivity contribution in [3.63, 3.8) is 0 Å². The Labute approximate surface area is 414 Å². The molecule has 17 nitrogen and oxygen atoms in total. The van der Waals surface area contributed by atoms with E-state index in [1.807, 2.05) is 91.9 Å². The molecule has 3 N–H and O–H groups in total. The van der Waals surface area contributed by atoms with Gasteiger partial charge < -0.3 is 35.2 Å². The number of amides is 5. The third-order valence-electron chi connectivity index (χ3n) is 9.55. The van der Waals surface area contributed by atoms with E-state index in [1.165, 1.54) is 30.5 Å². The van der Waals surface area contributed by atoms with Crippen LogP contribution in [-0.2, 0) is 54.1 Å². The number of hydrogen-bond acceptors (Lipinski definition) is 13. The normalized spacial score (nSPS) is 12.0. The van der Waals surface area contributed by atoms with E-state index in [-0.39, 0.29) is 70.8 Å². The van der Waals surface area contributed by atoms with Gasteiger partial charge in [0.05, 0.1) is 47.0 Å². The Morgan fingerprint density at radius 2 is 1.28 bits per heavy atom. The fraction of sp³-hybridized carbons (Fsp3) is 0.220. The number of hydrogen-bond donors (Lipinski definition) is 3. The summed E-state index contributed by atoms with van der Waals surface area (Å²) in [6, 6.07) is 38.4. The number of nitrogens with zero attached hydrogens (tertiary/aromatic N) is 5. The molecule has 6 aromatic rings. The van der Waals surface area contributed by atoms with Gasteiger partial charge in [-0.15, -0.1) is 71.8 Å². The van der Waals surface area contributed by atoms with Crippen LogP contribution in [0.25, 0.3) is 33.9 Å². The van der Waals surface area contributed by atoms with Crippen LogP contribution in [0.2, 0.25) is 0 Å². The van der Waals surface area contributed by atoms with Crippen molar-refractivity contribution in [1.82, 2.24) is 40.8 Å². The van der Waals surface area contributed by atoms with Gasteiger partial charge in [-0.3, -0.25) is 38.8 Å². The van der Waals surface area contributed by atoms with Gasteiger partial charge >= 0.3 is 0 Å². The van der Waals surface area contributed by atoms with E-state index < -0.39 is 45.5 Å². The Kier molecular flexibility index (Phi) is 22.8. The van der Waals surface area contributed by atoms with Crippen molar-refractivity contribution in [3.8, 4) is 33.9 Å². The average Bonchev–Trinajstić information content (AvgIpc) is 3.68. The zero-order valence-corrected chi connectivity index (χ0v) is 40.7. The number of aryl methyl sites for hydroxylation is 1. The second-order valence-corrected chi connectivity index (χ2v) is 16.2. The van der Waals surface area contributed by atoms with Crippen molar-refractivity contribution >= 4 is 39.7 Å². The summed E-state index contributed by atoms with van der Waals surface area (Å²) in [6.07, 6.45) is 9.81. The van der Waals surface area contributed by atoms with Crippen LogP contribution in [0.5, 0.6) is 0 Å². The summed E-state index contributed by atoms with van der Waals surface area (Å²) in [4.78, 5) is 78.3. The van der Waals surface area contributed by atoms with Crippen LogP contribution in [0.15, 0.2) is 146 Å². The number of ether oxygens (including phenoxy) is 1. The van der Waals surface area contributed by atoms with Crippen LogP contribution in [-0.4, -0.2) is 112 Å². The van der Waals surface area contributed by atoms with Crippen LogP contribution in [0.3, 0.4) is 0 Å². The van der Waals surface area contributed by atoms with Crippen LogP contribution >= 0.6 is 0 Å². The summed E-state index contributed by atoms with van der Waals surface area (Å²) in [7, 11) is -4.87. The van der Waals surface area contributed by atoms with Crippen LogP contribution in [0.1, 0.15) is 35.2 Å². The van der Waals surface area contributed by atoms with Crippen LogP contribution in [0, 0.1) is 19.1 Å². The maximum Gasteiger partial charge on any atom is 0.253 e. The first-order valence-electron chi connectivity index (χ1n) is 21.4. The van der Waals surface area contributed by atoms with Gasteiger partial charge in [-0.1, -0.05) is 24.3 Å². The molecule has 0 bridgehead atoms. The third kappa shape index (κ3) is 19.5. The molecule has 1 unspecified atom stereocenters. The van der Waals surface area contributed by atoms with E-state index in [2.05, 4.69) is 48.0 Å². The average molecular weight is 1130 g/mol. The monoisotopic (exact) mass is 1130 g/mol. The second kappa shape index (κ2) is 28.9. The van der Waals surface area contributed by atoms with E-state index >= 15 is 0 Å². The quantitative estimate of drug-likeness (QED) is 0.0438. The Bertz CT molecular complexity index is 2550. The minimum absolute atomic E-state index is 0. The molecular formula is C50H49IrN8O9S-3. The number of aromatic nitrogens is 4. The molecule has 1 radical (unpaired) electrons. The van der Waals surface area contributed by atoms with Crippen LogP contribution < -0.4 is 16.0 Å². The summed E-state index contributed by atoms with van der Waals surface area (Å²) < 4.78 is 39.6. The smallest absolute Gasteiger partial charge is 0.253 e. The summed E-state index contributed by atoms with van der Waals surface area (Å²) in [5.41, 5.74) is 5.94. The first-order valence-corrected chi connectivity index (χ1v) is 23.0. The van der Waals surface area contributed by atoms with Crippen molar-refractivity contribution in [2.45, 2.75) is 32.2 Å². The Hall–Kier alpha value is -7.15. The van der Waals surface area contributed by atoms with Crippen molar-refractivity contribution in [2.75, 3.05) is 38.6 Å². The first kappa shape index (κ1) is 54.5. The molecule has 69 heavy (non-hydrogen) atoms. The predicted octanol–water partition coefficient (Wildman–Crippen LogP) is 4.54. The fourth-order valence-electron chi connectivity index (χ4n) is 6.17. The molecule has 1 atom stereocenters. The molecule has 5 amide bonds. The SMILES string of the molecule is Cc1ccnc(-c2cc(C(=O)NC(CS(=O)(=O)[O-])C(=O)NCCCCC(=O)NCCOCCN3C(=O)C=CC3=O)ccn2)c1.[Ir].[c-]1ccccc1-c1ccccn1.[c-]1ccccc1-c1ccccn1. The van der Waals surface area contributed by atoms with Crippen molar-refractivity contribution < 1.29 is 61.8 Å². The molecule has 4 aromatic heterocycles. The number of rotatable bonds is 19. The largest absolute Gasteiger partial charge is 0.748 e. The predicted molar refractivity (Wildman–Crippen MR) is 252 cm³/mol. The molecule has 0 spiro atoms. The number of nitrogens with one attached hydrogen (secondary N) is 3. The molecule has 0 fully saturated rings. The van der Waals surface area contributed by atoms with Gasteiger partial charge in [0.25, 0.3) is 17.7 Å². The molecule has 7 rings (SSSR count). The number of carbonyl (C=O) groups excluding carboxylic acids is 5. The van der Waals surface area contributed by atoms with E-state index in [0.717, 1.165) is 33.0 Å². The fourth-order valence-corrected chi connectivity index (χ4v) is 6.81. The second-order valence-electron chi connectivity index (χ2n) is 14.8. The first-order chi connectivity index (χ1) is 32.9. The zero-order chi connectivity index (χ0) is 48.6. The number of pyridine rings is 4. The molecule has 1 aliphatic heterocycles. The van der Waals surface area contributed by atoms with Crippen molar-refractivity contribution in [1.29, 1.82) is 0 Å². The van der Waals surface area contributed by atoms with Gasteiger partial charge in [0.15, 0.2) is 0 Å². The van der Waals surface area contributed by atoms with Crippen molar-refractivity contribution in [2.24, 2.45) is 0 Å². The van der Waals surface area contributed by atoms with E-state index in [0.29, 0.717) is 24.2 Å². The molecule has 19 heteroatoms. The number of unbranched alkanes of at least 4 members (excludes halogenated alkanes) is 1. The Morgan fingerprint density at radius 3 is 1.83 bits per heavy atom. The maximum absolute atomic E-state index is 12.9. The maximum atomic E-state index is 12.9. The summed E-state index contributed by atoms with van der Waals surface area (Å²) in [5, 5.41) is 7.45. The summed E-state index contributed by atoms with van der Waals surface area (Å²) in [5.74, 6) is -3.82. The van der Waals surface area contributed by atoms with Gasteiger partial charge in [-0.25, -0.2) is 8.42 Å². The van der Waals surface area contributed by atoms with Gasteiger partial charge in [0.1, 0.15) is 6.04 Å². The molecule has 0 aliphatic carbocycles. The minimum Gasteiger partial charge on any atom is -0.748 e. The summed E-state index contributed by atoms with van der Waals surface area (Å²) in [6.45, 7) is 2.60. The number of benzene rings is 2. The molecule has 0 saturated heterocycles. The molecule has 2 aromatic carbocycles. The molecule has 361 valence electrons. The minimum atomic E-state index is -4.87. The van der Waals surface area contributed by atoms with Crippen molar-refractivity contribution in [3.05, 3.63) is 169 Å². The molecular weight excluding hydrogens is 1080 g/mol. The Morgan fingerprint density at radius 1 is 0.696 bits per heavy atom. The van der Waals surface area contributed by atoms with Gasteiger partial charge in [-0.05, 0) is 73.1 Å². The number of carbonyl (C=O) groups is 5.